The number of hydrogen-bond donors (Lipinski definition) is 1. The Kier molecular flexibility index (Phi) is 4.18. The van der Waals surface area contributed by atoms with Gasteiger partial charge in [-0.05, 0) is 19.1 Å². The fraction of sp³-hybridized carbons (Fsp3) is 0.364. The molecule has 0 aliphatic heterocycles. The predicted molar refractivity (Wildman–Crippen MR) is 66.9 cm³/mol. The normalized spacial score (nSPS) is 12.8. The highest BCUT2D eigenvalue weighted by molar-refractivity contribution is 7.94. The number of sulfonamides is 1. The molecule has 1 aromatic carbocycles. The summed E-state index contributed by atoms with van der Waals surface area (Å²) in [6.45, 7) is 1.25. The molecule has 1 atom stereocenters. The minimum Gasteiger partial charge on any atom is -0.508 e. The van der Waals surface area contributed by atoms with Gasteiger partial charge in [0.15, 0.2) is 5.25 Å². The number of methoxy groups -OCH3 is 1. The first-order chi connectivity index (χ1) is 8.30. The van der Waals surface area contributed by atoms with E-state index in [9.17, 15) is 18.3 Å². The first-order valence-electron chi connectivity index (χ1n) is 5.15. The van der Waals surface area contributed by atoms with Crippen molar-refractivity contribution in [1.82, 2.24) is 0 Å². The van der Waals surface area contributed by atoms with Crippen LogP contribution < -0.4 is 4.31 Å². The van der Waals surface area contributed by atoms with Gasteiger partial charge < -0.3 is 9.84 Å². The van der Waals surface area contributed by atoms with Crippen molar-refractivity contribution in [3.05, 3.63) is 24.3 Å². The van der Waals surface area contributed by atoms with Crippen molar-refractivity contribution in [3.63, 3.8) is 0 Å². The zero-order valence-corrected chi connectivity index (χ0v) is 11.1. The van der Waals surface area contributed by atoms with Gasteiger partial charge in [-0.1, -0.05) is 6.07 Å². The number of carbonyl (C=O) groups is 1. The van der Waals surface area contributed by atoms with Crippen LogP contribution in [0.4, 0.5) is 5.69 Å². The van der Waals surface area contributed by atoms with Crippen LogP contribution in [-0.4, -0.2) is 38.9 Å². The van der Waals surface area contributed by atoms with Gasteiger partial charge in [-0.15, -0.1) is 0 Å². The van der Waals surface area contributed by atoms with Crippen LogP contribution in [0.5, 0.6) is 5.75 Å². The average molecular weight is 273 g/mol. The molecule has 1 rings (SSSR count). The molecule has 0 saturated heterocycles. The van der Waals surface area contributed by atoms with Crippen molar-refractivity contribution in [2.75, 3.05) is 18.5 Å². The maximum absolute atomic E-state index is 12.1. The Labute approximate surface area is 106 Å². The molecule has 0 amide bonds. The molecule has 0 aromatic heterocycles. The highest BCUT2D eigenvalue weighted by Crippen LogP contribution is 2.23. The SMILES string of the molecule is COC(=O)C(C)S(=O)(=O)N(C)c1cccc(O)c1. The number of hydrogen-bond acceptors (Lipinski definition) is 5. The minimum atomic E-state index is -3.87. The number of nitrogens with zero attached hydrogens (tertiary/aromatic N) is 1. The summed E-state index contributed by atoms with van der Waals surface area (Å²) in [7, 11) is -1.44. The van der Waals surface area contributed by atoms with Gasteiger partial charge in [-0.2, -0.15) is 0 Å². The predicted octanol–water partition coefficient (Wildman–Crippen LogP) is 0.720. The molecule has 100 valence electrons. The zero-order chi connectivity index (χ0) is 13.9. The van der Waals surface area contributed by atoms with Gasteiger partial charge in [0.05, 0.1) is 12.8 Å². The van der Waals surface area contributed by atoms with Gasteiger partial charge in [-0.25, -0.2) is 8.42 Å². The maximum Gasteiger partial charge on any atom is 0.325 e. The van der Waals surface area contributed by atoms with Crippen LogP contribution >= 0.6 is 0 Å². The molecule has 0 spiro atoms. The lowest BCUT2D eigenvalue weighted by Gasteiger charge is -2.22. The summed E-state index contributed by atoms with van der Waals surface area (Å²) in [4.78, 5) is 11.3. The van der Waals surface area contributed by atoms with Crippen LogP contribution in [0.1, 0.15) is 6.92 Å². The molecule has 0 saturated carbocycles. The Morgan fingerprint density at radius 3 is 2.56 bits per heavy atom. The highest BCUT2D eigenvalue weighted by atomic mass is 32.2. The Hall–Kier alpha value is -1.76. The van der Waals surface area contributed by atoms with Crippen LogP contribution in [0.3, 0.4) is 0 Å². The van der Waals surface area contributed by atoms with Gasteiger partial charge in [0.1, 0.15) is 5.75 Å². The summed E-state index contributed by atoms with van der Waals surface area (Å²) in [5, 5.41) is 8.00. The van der Waals surface area contributed by atoms with Gasteiger partial charge in [0.25, 0.3) is 0 Å². The summed E-state index contributed by atoms with van der Waals surface area (Å²) in [5.41, 5.74) is 0.269. The molecule has 6 nitrogen and oxygen atoms in total. The standard InChI is InChI=1S/C11H15NO5S/c1-8(11(14)17-3)18(15,16)12(2)9-5-4-6-10(13)7-9/h4-8,13H,1-3H3. The number of anilines is 1. The fourth-order valence-electron chi connectivity index (χ4n) is 1.36. The second kappa shape index (κ2) is 5.26. The van der Waals surface area contributed by atoms with E-state index in [0.29, 0.717) is 0 Å². The van der Waals surface area contributed by atoms with Crippen molar-refractivity contribution >= 4 is 21.7 Å². The van der Waals surface area contributed by atoms with E-state index in [1.54, 1.807) is 0 Å². The second-order valence-electron chi connectivity index (χ2n) is 3.70. The molecule has 0 aliphatic carbocycles. The number of phenols is 1. The van der Waals surface area contributed by atoms with E-state index in [1.165, 1.54) is 38.2 Å². The van der Waals surface area contributed by atoms with Crippen molar-refractivity contribution in [2.45, 2.75) is 12.2 Å². The summed E-state index contributed by atoms with van der Waals surface area (Å²) in [5.74, 6) is -0.887. The Morgan fingerprint density at radius 1 is 1.44 bits per heavy atom. The largest absolute Gasteiger partial charge is 0.508 e. The van der Waals surface area contributed by atoms with Crippen molar-refractivity contribution in [2.24, 2.45) is 0 Å². The molecule has 0 bridgehead atoms. The van der Waals surface area contributed by atoms with Gasteiger partial charge in [-0.3, -0.25) is 9.10 Å². The van der Waals surface area contributed by atoms with E-state index < -0.39 is 21.2 Å². The molecule has 0 aliphatic rings. The molecular weight excluding hydrogens is 258 g/mol. The molecular formula is C11H15NO5S. The van der Waals surface area contributed by atoms with E-state index in [2.05, 4.69) is 4.74 Å². The number of ether oxygens (including phenoxy) is 1. The lowest BCUT2D eigenvalue weighted by Crippen LogP contribution is -2.39. The summed E-state index contributed by atoms with van der Waals surface area (Å²) < 4.78 is 29.5. The Morgan fingerprint density at radius 2 is 2.06 bits per heavy atom. The lowest BCUT2D eigenvalue weighted by atomic mass is 10.3. The highest BCUT2D eigenvalue weighted by Gasteiger charge is 2.33. The van der Waals surface area contributed by atoms with Crippen molar-refractivity contribution in [3.8, 4) is 5.75 Å². The second-order valence-corrected chi connectivity index (χ2v) is 5.98. The number of phenolic OH excluding ortho intramolecular Hbond substituents is 1. The van der Waals surface area contributed by atoms with Gasteiger partial charge in [0.2, 0.25) is 10.0 Å². The van der Waals surface area contributed by atoms with E-state index in [-0.39, 0.29) is 11.4 Å². The quantitative estimate of drug-likeness (QED) is 0.817. The average Bonchev–Trinajstić information content (AvgIpc) is 2.35. The molecule has 1 unspecified atom stereocenters. The molecule has 0 heterocycles. The zero-order valence-electron chi connectivity index (χ0n) is 10.3. The third-order valence-corrected chi connectivity index (χ3v) is 4.62. The van der Waals surface area contributed by atoms with Gasteiger partial charge >= 0.3 is 5.97 Å². The molecule has 1 aromatic rings. The maximum atomic E-state index is 12.1. The van der Waals surface area contributed by atoms with Crippen LogP contribution in [0.2, 0.25) is 0 Å². The fourth-order valence-corrected chi connectivity index (χ4v) is 2.58. The van der Waals surface area contributed by atoms with Crippen molar-refractivity contribution < 1.29 is 23.1 Å². The summed E-state index contributed by atoms with van der Waals surface area (Å²) in [6.07, 6.45) is 0. The van der Waals surface area contributed by atoms with E-state index in [1.807, 2.05) is 0 Å². The van der Waals surface area contributed by atoms with Crippen LogP contribution in [0.15, 0.2) is 24.3 Å². The molecule has 18 heavy (non-hydrogen) atoms. The number of aromatic hydroxyl groups is 1. The third-order valence-electron chi connectivity index (χ3n) is 2.55. The Balaban J connectivity index is 3.09. The Bertz CT molecular complexity index is 540. The third kappa shape index (κ3) is 2.73. The van der Waals surface area contributed by atoms with Crippen LogP contribution in [-0.2, 0) is 19.6 Å². The summed E-state index contributed by atoms with van der Waals surface area (Å²) >= 11 is 0. The van der Waals surface area contributed by atoms with Gasteiger partial charge in [0, 0.05) is 13.1 Å². The van der Waals surface area contributed by atoms with E-state index in [4.69, 9.17) is 0 Å². The first kappa shape index (κ1) is 14.3. The number of rotatable bonds is 4. The lowest BCUT2D eigenvalue weighted by molar-refractivity contribution is -0.139. The first-order valence-corrected chi connectivity index (χ1v) is 6.65. The number of carbonyl (C=O) groups excluding carboxylic acids is 1. The topological polar surface area (TPSA) is 83.9 Å². The molecule has 1 N–H and O–H groups in total. The van der Waals surface area contributed by atoms with Crippen LogP contribution in [0, 0.1) is 0 Å². The van der Waals surface area contributed by atoms with E-state index in [0.717, 1.165) is 11.4 Å². The molecule has 0 fully saturated rings. The molecule has 0 radical (unpaired) electrons. The summed E-state index contributed by atoms with van der Waals surface area (Å²) in [6, 6.07) is 5.75. The minimum absolute atomic E-state index is 0.0553. The van der Waals surface area contributed by atoms with E-state index >= 15 is 0 Å². The monoisotopic (exact) mass is 273 g/mol. The smallest absolute Gasteiger partial charge is 0.325 e. The number of benzene rings is 1. The molecule has 7 heteroatoms. The van der Waals surface area contributed by atoms with Crippen molar-refractivity contribution in [1.29, 1.82) is 0 Å². The number of esters is 1. The van der Waals surface area contributed by atoms with Crippen LogP contribution in [0.25, 0.3) is 0 Å².